The van der Waals surface area contributed by atoms with Crippen molar-refractivity contribution < 1.29 is 5.11 Å². The number of aliphatic hydroxyl groups is 1. The first-order valence-electron chi connectivity index (χ1n) is 8.59. The molecule has 3 atom stereocenters. The fraction of sp³-hybridized carbons (Fsp3) is 0.684. The van der Waals surface area contributed by atoms with Crippen molar-refractivity contribution in [2.24, 2.45) is 11.3 Å². The molecule has 1 heterocycles. The summed E-state index contributed by atoms with van der Waals surface area (Å²) in [7, 11) is 0. The lowest BCUT2D eigenvalue weighted by atomic mass is 9.70. The lowest BCUT2D eigenvalue weighted by Crippen LogP contribution is -2.42. The van der Waals surface area contributed by atoms with Crippen molar-refractivity contribution in [1.29, 1.82) is 0 Å². The average molecular weight is 287 g/mol. The van der Waals surface area contributed by atoms with Crippen LogP contribution >= 0.6 is 0 Å². The first-order chi connectivity index (χ1) is 10.2. The molecular formula is C19H29NO. The third kappa shape index (κ3) is 3.49. The fourth-order valence-corrected chi connectivity index (χ4v) is 4.55. The van der Waals surface area contributed by atoms with Crippen LogP contribution in [0.1, 0.15) is 50.5 Å². The van der Waals surface area contributed by atoms with Crippen molar-refractivity contribution >= 4 is 0 Å². The van der Waals surface area contributed by atoms with Gasteiger partial charge in [-0.15, -0.1) is 0 Å². The Morgan fingerprint density at radius 1 is 1.24 bits per heavy atom. The summed E-state index contributed by atoms with van der Waals surface area (Å²) in [6.07, 6.45) is 6.31. The van der Waals surface area contributed by atoms with Crippen LogP contribution in [0.3, 0.4) is 0 Å². The lowest BCUT2D eigenvalue weighted by molar-refractivity contribution is 0.0300. The van der Waals surface area contributed by atoms with Crippen molar-refractivity contribution in [3.63, 3.8) is 0 Å². The maximum atomic E-state index is 9.98. The molecule has 1 aromatic rings. The third-order valence-electron chi connectivity index (χ3n) is 5.62. The minimum Gasteiger partial charge on any atom is -0.396 e. The van der Waals surface area contributed by atoms with Gasteiger partial charge < -0.3 is 10.0 Å². The van der Waals surface area contributed by atoms with E-state index in [1.54, 1.807) is 0 Å². The van der Waals surface area contributed by atoms with Crippen molar-refractivity contribution in [3.8, 4) is 0 Å². The summed E-state index contributed by atoms with van der Waals surface area (Å²) in [5, 5.41) is 9.98. The van der Waals surface area contributed by atoms with Crippen molar-refractivity contribution in [2.45, 2.75) is 44.9 Å². The van der Waals surface area contributed by atoms with Crippen LogP contribution in [0.25, 0.3) is 0 Å². The summed E-state index contributed by atoms with van der Waals surface area (Å²) in [6, 6.07) is 10.9. The first-order valence-corrected chi connectivity index (χ1v) is 8.59. The Morgan fingerprint density at radius 2 is 2.05 bits per heavy atom. The van der Waals surface area contributed by atoms with E-state index in [1.165, 1.54) is 50.8 Å². The monoisotopic (exact) mass is 287 g/mol. The number of hydrogen-bond donors (Lipinski definition) is 1. The largest absolute Gasteiger partial charge is 0.396 e. The quantitative estimate of drug-likeness (QED) is 0.913. The molecule has 0 spiro atoms. The molecule has 1 N–H and O–H groups in total. The zero-order chi connectivity index (χ0) is 14.7. The van der Waals surface area contributed by atoms with Crippen LogP contribution in [0.4, 0.5) is 0 Å². The molecule has 3 unspecified atom stereocenters. The molecule has 1 saturated carbocycles. The van der Waals surface area contributed by atoms with Gasteiger partial charge >= 0.3 is 0 Å². The van der Waals surface area contributed by atoms with E-state index in [4.69, 9.17) is 0 Å². The van der Waals surface area contributed by atoms with Gasteiger partial charge in [-0.2, -0.15) is 0 Å². The van der Waals surface area contributed by atoms with E-state index in [2.05, 4.69) is 42.2 Å². The molecule has 1 saturated heterocycles. The number of aliphatic hydroxyl groups excluding tert-OH is 1. The molecule has 2 fully saturated rings. The predicted molar refractivity (Wildman–Crippen MR) is 87.4 cm³/mol. The average Bonchev–Trinajstić information content (AvgIpc) is 2.96. The van der Waals surface area contributed by atoms with E-state index in [0.29, 0.717) is 12.5 Å². The van der Waals surface area contributed by atoms with Gasteiger partial charge in [0.25, 0.3) is 0 Å². The highest BCUT2D eigenvalue weighted by Crippen LogP contribution is 2.41. The third-order valence-corrected chi connectivity index (χ3v) is 5.62. The summed E-state index contributed by atoms with van der Waals surface area (Å²) in [6.45, 7) is 6.16. The van der Waals surface area contributed by atoms with Crippen molar-refractivity contribution in [3.05, 3.63) is 35.9 Å². The highest BCUT2D eigenvalue weighted by Gasteiger charge is 2.37. The summed E-state index contributed by atoms with van der Waals surface area (Å²) in [4.78, 5) is 2.60. The molecule has 2 aliphatic rings. The maximum Gasteiger partial charge on any atom is 0.0499 e. The van der Waals surface area contributed by atoms with Crippen LogP contribution in [-0.4, -0.2) is 36.2 Å². The molecule has 2 nitrogen and oxygen atoms in total. The van der Waals surface area contributed by atoms with Crippen LogP contribution in [0.5, 0.6) is 0 Å². The molecule has 0 bridgehead atoms. The Labute approximate surface area is 129 Å². The van der Waals surface area contributed by atoms with Gasteiger partial charge in [-0.25, -0.2) is 0 Å². The number of benzene rings is 1. The van der Waals surface area contributed by atoms with Gasteiger partial charge in [-0.1, -0.05) is 50.1 Å². The summed E-state index contributed by atoms with van der Waals surface area (Å²) in [5.41, 5.74) is 1.65. The van der Waals surface area contributed by atoms with Gasteiger partial charge in [0.2, 0.25) is 0 Å². The zero-order valence-corrected chi connectivity index (χ0v) is 13.3. The van der Waals surface area contributed by atoms with E-state index in [1.807, 2.05) is 0 Å². The second-order valence-corrected chi connectivity index (χ2v) is 7.49. The standard InChI is InChI=1S/C19H29NO/c1-16-6-5-10-19(12-16,15-21)14-20-11-9-18(13-20)17-7-3-2-4-8-17/h2-4,7-8,16,18,21H,5-6,9-15H2,1H3. The number of rotatable bonds is 4. The molecule has 1 aromatic carbocycles. The van der Waals surface area contributed by atoms with Crippen LogP contribution < -0.4 is 0 Å². The van der Waals surface area contributed by atoms with Crippen molar-refractivity contribution in [2.75, 3.05) is 26.2 Å². The Hall–Kier alpha value is -0.860. The second-order valence-electron chi connectivity index (χ2n) is 7.49. The zero-order valence-electron chi connectivity index (χ0n) is 13.3. The molecule has 1 aliphatic carbocycles. The van der Waals surface area contributed by atoms with E-state index in [0.717, 1.165) is 12.5 Å². The second kappa shape index (κ2) is 6.50. The smallest absolute Gasteiger partial charge is 0.0499 e. The summed E-state index contributed by atoms with van der Waals surface area (Å²) >= 11 is 0. The molecule has 2 heteroatoms. The van der Waals surface area contributed by atoms with Crippen LogP contribution in [0, 0.1) is 11.3 Å². The van der Waals surface area contributed by atoms with Crippen LogP contribution in [0.15, 0.2) is 30.3 Å². The number of hydrogen-bond acceptors (Lipinski definition) is 2. The van der Waals surface area contributed by atoms with E-state index >= 15 is 0 Å². The SMILES string of the molecule is CC1CCCC(CO)(CN2CCC(c3ccccc3)C2)C1. The molecule has 21 heavy (non-hydrogen) atoms. The normalized spacial score (nSPS) is 34.2. The molecule has 0 aromatic heterocycles. The maximum absolute atomic E-state index is 9.98. The first kappa shape index (κ1) is 15.1. The molecule has 1 aliphatic heterocycles. The van der Waals surface area contributed by atoms with E-state index < -0.39 is 0 Å². The van der Waals surface area contributed by atoms with Gasteiger partial charge in [0.1, 0.15) is 0 Å². The minimum absolute atomic E-state index is 0.170. The Morgan fingerprint density at radius 3 is 2.76 bits per heavy atom. The molecule has 116 valence electrons. The van der Waals surface area contributed by atoms with Gasteiger partial charge in [0.15, 0.2) is 0 Å². The Bertz CT molecular complexity index is 446. The van der Waals surface area contributed by atoms with E-state index in [-0.39, 0.29) is 5.41 Å². The summed E-state index contributed by atoms with van der Waals surface area (Å²) in [5.74, 6) is 1.46. The molecule has 3 rings (SSSR count). The van der Waals surface area contributed by atoms with E-state index in [9.17, 15) is 5.11 Å². The van der Waals surface area contributed by atoms with Crippen LogP contribution in [-0.2, 0) is 0 Å². The minimum atomic E-state index is 0.170. The van der Waals surface area contributed by atoms with Gasteiger partial charge in [-0.05, 0) is 43.2 Å². The molecule has 0 radical (unpaired) electrons. The Kier molecular flexibility index (Phi) is 4.66. The number of likely N-dealkylation sites (tertiary alicyclic amines) is 1. The van der Waals surface area contributed by atoms with Crippen LogP contribution in [0.2, 0.25) is 0 Å². The highest BCUT2D eigenvalue weighted by molar-refractivity contribution is 5.21. The van der Waals surface area contributed by atoms with Gasteiger partial charge in [0.05, 0.1) is 0 Å². The predicted octanol–water partition coefficient (Wildman–Crippen LogP) is 3.66. The fourth-order valence-electron chi connectivity index (χ4n) is 4.55. The van der Waals surface area contributed by atoms with Crippen molar-refractivity contribution in [1.82, 2.24) is 4.90 Å². The summed E-state index contributed by atoms with van der Waals surface area (Å²) < 4.78 is 0. The van der Waals surface area contributed by atoms with Gasteiger partial charge in [0, 0.05) is 25.1 Å². The molecular weight excluding hydrogens is 258 g/mol. The topological polar surface area (TPSA) is 23.5 Å². The van der Waals surface area contributed by atoms with Gasteiger partial charge in [-0.3, -0.25) is 0 Å². The Balaban J connectivity index is 1.61. The highest BCUT2D eigenvalue weighted by atomic mass is 16.3. The molecule has 0 amide bonds. The lowest BCUT2D eigenvalue weighted by Gasteiger charge is -2.41. The number of nitrogens with zero attached hydrogens (tertiary/aromatic N) is 1.